The van der Waals surface area contributed by atoms with Gasteiger partial charge in [0.2, 0.25) is 5.91 Å². The van der Waals surface area contributed by atoms with E-state index in [1.807, 2.05) is 0 Å². The van der Waals surface area contributed by atoms with Gasteiger partial charge in [-0.25, -0.2) is 0 Å². The zero-order chi connectivity index (χ0) is 41.2. The summed E-state index contributed by atoms with van der Waals surface area (Å²) < 4.78 is 22.0. The highest BCUT2D eigenvalue weighted by molar-refractivity contribution is 8.01. The summed E-state index contributed by atoms with van der Waals surface area (Å²) in [6.07, 6.45) is -18.8. The topological polar surface area (TPSA) is 370 Å². The number of aliphatic hydroxyl groups is 7. The van der Waals surface area contributed by atoms with Crippen LogP contribution < -0.4 is 32.9 Å². The maximum atomic E-state index is 13.5. The summed E-state index contributed by atoms with van der Waals surface area (Å²) in [7, 11) is 0. The standard InChI is InChI=1S/C34H54N6O15S/c1-34(2)28(31(50)51)40-30(56-34)18(12-6-4-3-5-7-12)29(49)39-10-17(42)38-9-15-21(44)23(46)24(47)33(52-15)55-27-14(36)8-13(35)26(25(27)48)54-32-22(45)19(37)20(43)16(11-41)53-32/h3-7,13-16,18-28,30,32-33,40-41,43-48H,8-11,35-37H2,1-2H3,(H,38,42)(H,39,49)(H,50,51)/p-1/t13-,14+,15-,16-,18?,19+,20-,21-,22-,23+,24-,25-,26+,27-,28+,30-,32-,33-/m1/s1. The molecular formula is C34H53N6O15S-. The number of rotatable bonds is 13. The maximum Gasteiger partial charge on any atom is 0.322 e. The van der Waals surface area contributed by atoms with Gasteiger partial charge in [-0.15, -0.1) is 11.8 Å². The van der Waals surface area contributed by atoms with Crippen LogP contribution in [0.15, 0.2) is 35.3 Å². The lowest BCUT2D eigenvalue weighted by atomic mass is 9.84. The first-order chi connectivity index (χ1) is 26.4. The van der Waals surface area contributed by atoms with E-state index in [0.29, 0.717) is 5.56 Å². The Balaban J connectivity index is 1.22. The molecular weight excluding hydrogens is 764 g/mol. The van der Waals surface area contributed by atoms with Crippen LogP contribution in [0.25, 0.3) is 0 Å². The maximum absolute atomic E-state index is 13.5. The number of amides is 1. The molecule has 56 heavy (non-hydrogen) atoms. The molecule has 4 aliphatic rings. The third-order valence-electron chi connectivity index (χ3n) is 10.6. The van der Waals surface area contributed by atoms with E-state index in [0.717, 1.165) is 0 Å². The van der Waals surface area contributed by atoms with Crippen molar-refractivity contribution in [2.45, 2.75) is 134 Å². The largest absolute Gasteiger partial charge is 0.861 e. The zero-order valence-corrected chi connectivity index (χ0v) is 31.4. The van der Waals surface area contributed by atoms with Crippen LogP contribution in [0.5, 0.6) is 0 Å². The Hall–Kier alpha value is -2.62. The molecule has 0 aromatic heterocycles. The van der Waals surface area contributed by atoms with Crippen LogP contribution in [0.2, 0.25) is 0 Å². The van der Waals surface area contributed by atoms with Gasteiger partial charge in [0.25, 0.3) is 0 Å². The third-order valence-corrected chi connectivity index (χ3v) is 12.1. The van der Waals surface area contributed by atoms with Crippen LogP contribution in [0, 0.1) is 0 Å². The molecule has 1 aromatic carbocycles. The number of carboxylic acids is 1. The first kappa shape index (κ1) is 44.5. The van der Waals surface area contributed by atoms with Crippen molar-refractivity contribution in [2.24, 2.45) is 22.2 Å². The Kier molecular flexibility index (Phi) is 14.7. The van der Waals surface area contributed by atoms with Crippen molar-refractivity contribution in [3.05, 3.63) is 35.9 Å². The molecule has 0 radical (unpaired) electrons. The van der Waals surface area contributed by atoms with Gasteiger partial charge in [0.15, 0.2) is 12.6 Å². The quantitative estimate of drug-likeness (QED) is 0.0650. The predicted molar refractivity (Wildman–Crippen MR) is 193 cm³/mol. The lowest BCUT2D eigenvalue weighted by molar-refractivity contribution is -0.332. The van der Waals surface area contributed by atoms with Crippen LogP contribution in [-0.4, -0.2) is 186 Å². The second kappa shape index (κ2) is 18.5. The molecule has 18 atom stereocenters. The van der Waals surface area contributed by atoms with E-state index < -0.39 is 151 Å². The fraction of sp³-hybridized carbons (Fsp3) is 0.735. The van der Waals surface area contributed by atoms with E-state index in [2.05, 4.69) is 15.6 Å². The van der Waals surface area contributed by atoms with Crippen LogP contribution >= 0.6 is 11.8 Å². The molecule has 16 N–H and O–H groups in total. The summed E-state index contributed by atoms with van der Waals surface area (Å²) in [6.45, 7) is 1.72. The van der Waals surface area contributed by atoms with Crippen molar-refractivity contribution < 1.29 is 74.5 Å². The lowest BCUT2D eigenvalue weighted by Crippen LogP contribution is -2.68. The smallest absolute Gasteiger partial charge is 0.322 e. The second-order valence-corrected chi connectivity index (χ2v) is 16.8. The lowest BCUT2D eigenvalue weighted by Gasteiger charge is -2.48. The Morgan fingerprint density at radius 3 is 2.09 bits per heavy atom. The van der Waals surface area contributed by atoms with Crippen molar-refractivity contribution in [3.63, 3.8) is 0 Å². The van der Waals surface area contributed by atoms with E-state index in [-0.39, 0.29) is 6.42 Å². The summed E-state index contributed by atoms with van der Waals surface area (Å²) in [5.74, 6) is -3.37. The Morgan fingerprint density at radius 1 is 0.929 bits per heavy atom. The summed E-state index contributed by atoms with van der Waals surface area (Å²) >= 11 is 1.29. The highest BCUT2D eigenvalue weighted by atomic mass is 32.2. The molecule has 1 amide bonds. The molecule has 0 bridgehead atoms. The minimum Gasteiger partial charge on any atom is -0.861 e. The van der Waals surface area contributed by atoms with Crippen molar-refractivity contribution in [1.82, 2.24) is 10.6 Å². The van der Waals surface area contributed by atoms with E-state index in [4.69, 9.17) is 36.1 Å². The molecule has 1 aromatic rings. The Labute approximate surface area is 326 Å². The minimum atomic E-state index is -1.87. The van der Waals surface area contributed by atoms with Gasteiger partial charge in [-0.05, 0) is 31.7 Å². The number of carbonyl (C=O) groups excluding carboxylic acids is 1. The molecule has 4 fully saturated rings. The van der Waals surface area contributed by atoms with Gasteiger partial charge >= 0.3 is 5.97 Å². The number of nitrogens with zero attached hydrogens (tertiary/aromatic N) is 1. The summed E-state index contributed by atoms with van der Waals surface area (Å²) in [5, 5.41) is 101. The van der Waals surface area contributed by atoms with Gasteiger partial charge in [-0.2, -0.15) is 0 Å². The van der Waals surface area contributed by atoms with Gasteiger partial charge < -0.3 is 92.4 Å². The molecule has 316 valence electrons. The number of benzene rings is 1. The molecule has 3 heterocycles. The van der Waals surface area contributed by atoms with Gasteiger partial charge in [-0.1, -0.05) is 30.3 Å². The summed E-state index contributed by atoms with van der Waals surface area (Å²) in [5.41, 5.74) is 18.9. The third kappa shape index (κ3) is 9.63. The molecule has 3 saturated heterocycles. The number of thioether (sulfide) groups is 1. The summed E-state index contributed by atoms with van der Waals surface area (Å²) in [4.78, 5) is 29.3. The predicted octanol–water partition coefficient (Wildman–Crippen LogP) is -6.70. The van der Waals surface area contributed by atoms with Crippen LogP contribution in [0.4, 0.5) is 0 Å². The van der Waals surface area contributed by atoms with Crippen molar-refractivity contribution in [3.8, 4) is 0 Å². The molecule has 1 unspecified atom stereocenters. The van der Waals surface area contributed by atoms with Crippen molar-refractivity contribution >= 4 is 29.5 Å². The molecule has 21 nitrogen and oxygen atoms in total. The zero-order valence-electron chi connectivity index (χ0n) is 30.6. The number of aliphatic imine (C=N–C) groups is 1. The number of ether oxygens (including phenoxy) is 4. The number of carboxylic acid groups (broad SMARTS) is 1. The van der Waals surface area contributed by atoms with Crippen molar-refractivity contribution in [1.29, 1.82) is 0 Å². The first-order valence-electron chi connectivity index (χ1n) is 18.1. The van der Waals surface area contributed by atoms with E-state index in [1.165, 1.54) is 11.8 Å². The highest BCUT2D eigenvalue weighted by Crippen LogP contribution is 2.43. The van der Waals surface area contributed by atoms with E-state index in [9.17, 15) is 55.5 Å². The molecule has 5 rings (SSSR count). The van der Waals surface area contributed by atoms with Crippen molar-refractivity contribution in [2.75, 3.05) is 19.7 Å². The second-order valence-electron chi connectivity index (χ2n) is 15.0. The monoisotopic (exact) mass is 817 g/mol. The number of hydrogen-bond acceptors (Lipinski definition) is 20. The van der Waals surface area contributed by atoms with E-state index in [1.54, 1.807) is 44.2 Å². The molecule has 0 spiro atoms. The van der Waals surface area contributed by atoms with E-state index >= 15 is 0 Å². The van der Waals surface area contributed by atoms with Gasteiger partial charge in [0.1, 0.15) is 67.1 Å². The minimum absolute atomic E-state index is 0.0289. The fourth-order valence-electron chi connectivity index (χ4n) is 7.33. The van der Waals surface area contributed by atoms with Gasteiger partial charge in [-0.3, -0.25) is 14.9 Å². The summed E-state index contributed by atoms with van der Waals surface area (Å²) in [6, 6.07) is 4.49. The number of nitrogens with one attached hydrogen (secondary N) is 2. The van der Waals surface area contributed by atoms with Crippen LogP contribution in [-0.2, 0) is 28.5 Å². The molecule has 3 aliphatic heterocycles. The molecule has 1 saturated carbocycles. The van der Waals surface area contributed by atoms with Crippen LogP contribution in [0.1, 0.15) is 31.7 Å². The first-order valence-corrected chi connectivity index (χ1v) is 19.0. The highest BCUT2D eigenvalue weighted by Gasteiger charge is 2.52. The fourth-order valence-corrected chi connectivity index (χ4v) is 8.91. The normalized spacial score (nSPS) is 42.2. The van der Waals surface area contributed by atoms with Gasteiger partial charge in [0.05, 0.1) is 30.5 Å². The number of nitrogens with two attached hydrogens (primary N) is 3. The number of hydrogen-bond donors (Lipinski definition) is 13. The van der Waals surface area contributed by atoms with Crippen LogP contribution in [0.3, 0.4) is 0 Å². The molecule has 22 heteroatoms. The average Bonchev–Trinajstić information content (AvgIpc) is 3.48. The Morgan fingerprint density at radius 2 is 1.52 bits per heavy atom. The van der Waals surface area contributed by atoms with Gasteiger partial charge in [0, 0.05) is 23.4 Å². The molecule has 1 aliphatic carbocycles. The average molecular weight is 818 g/mol. The SMILES string of the molecule is CC1(C)S[C@H](C(C(=O)NCC([O-])=NC[C@H]2O[C@H](O[C@H]3[C@H](O)[C@@H](O[C@H]4O[C@H](CO)[C@@H](O)[C@H](N)[C@H]4O)[C@H](N)C[C@@H]3N)[C@H](O)[C@@H](O)[C@@H]2O)c2ccccc2)N[C@H]1C(=O)O. The Bertz CT molecular complexity index is 1520. The number of aliphatic carboxylic acids is 1. The number of carbonyl (C=O) groups is 2. The number of aliphatic hydroxyl groups excluding tert-OH is 7.